The maximum atomic E-state index is 3.70. The maximum Gasteiger partial charge on any atom is 0.00682 e. The van der Waals surface area contributed by atoms with Crippen LogP contribution in [0.5, 0.6) is 0 Å². The van der Waals surface area contributed by atoms with Crippen molar-refractivity contribution in [3.05, 3.63) is 12.7 Å². The summed E-state index contributed by atoms with van der Waals surface area (Å²) >= 11 is 0. The Morgan fingerprint density at radius 1 is 1.15 bits per heavy atom. The van der Waals surface area contributed by atoms with Gasteiger partial charge in [-0.25, -0.2) is 0 Å². The standard InChI is InChI=1S/C11H22N2/c1-2-3-4-8-12-9-5-10-13-11-6-7-11/h2,11-13H,1,3-10H2. The molecule has 0 saturated heterocycles. The van der Waals surface area contributed by atoms with E-state index in [4.69, 9.17) is 0 Å². The van der Waals surface area contributed by atoms with Crippen molar-refractivity contribution in [2.45, 2.75) is 38.1 Å². The molecule has 1 fully saturated rings. The molecule has 0 heterocycles. The predicted octanol–water partition coefficient (Wildman–Crippen LogP) is 1.68. The van der Waals surface area contributed by atoms with Gasteiger partial charge in [0.2, 0.25) is 0 Å². The summed E-state index contributed by atoms with van der Waals surface area (Å²) in [4.78, 5) is 0. The molecule has 1 aliphatic carbocycles. The fourth-order valence-corrected chi connectivity index (χ4v) is 1.30. The summed E-state index contributed by atoms with van der Waals surface area (Å²) in [5.41, 5.74) is 0. The van der Waals surface area contributed by atoms with Gasteiger partial charge in [0.05, 0.1) is 0 Å². The Balaban J connectivity index is 1.65. The molecule has 0 bridgehead atoms. The Hall–Kier alpha value is -0.340. The molecule has 0 spiro atoms. The largest absolute Gasteiger partial charge is 0.317 e. The SMILES string of the molecule is C=CCCCNCCCNC1CC1. The number of unbranched alkanes of at least 4 members (excludes halogenated alkanes) is 1. The van der Waals surface area contributed by atoms with Gasteiger partial charge < -0.3 is 10.6 Å². The monoisotopic (exact) mass is 182 g/mol. The fourth-order valence-electron chi connectivity index (χ4n) is 1.30. The first-order valence-corrected chi connectivity index (χ1v) is 5.48. The van der Waals surface area contributed by atoms with Crippen LogP contribution in [-0.2, 0) is 0 Å². The van der Waals surface area contributed by atoms with Crippen molar-refractivity contribution in [1.82, 2.24) is 10.6 Å². The fraction of sp³-hybridized carbons (Fsp3) is 0.818. The number of hydrogen-bond donors (Lipinski definition) is 2. The van der Waals surface area contributed by atoms with Crippen molar-refractivity contribution >= 4 is 0 Å². The van der Waals surface area contributed by atoms with Crippen LogP contribution in [0.2, 0.25) is 0 Å². The van der Waals surface area contributed by atoms with Crippen LogP contribution >= 0.6 is 0 Å². The number of hydrogen-bond acceptors (Lipinski definition) is 2. The van der Waals surface area contributed by atoms with Crippen LogP contribution in [0.4, 0.5) is 0 Å². The average Bonchev–Trinajstić information content (AvgIpc) is 2.93. The summed E-state index contributed by atoms with van der Waals surface area (Å²) in [5, 5.41) is 6.93. The predicted molar refractivity (Wildman–Crippen MR) is 57.9 cm³/mol. The highest BCUT2D eigenvalue weighted by Crippen LogP contribution is 2.18. The molecule has 0 unspecified atom stereocenters. The van der Waals surface area contributed by atoms with Crippen molar-refractivity contribution < 1.29 is 0 Å². The zero-order chi connectivity index (χ0) is 9.36. The lowest BCUT2D eigenvalue weighted by molar-refractivity contribution is 0.584. The molecule has 2 heteroatoms. The van der Waals surface area contributed by atoms with Gasteiger partial charge in [0.1, 0.15) is 0 Å². The lowest BCUT2D eigenvalue weighted by atomic mass is 10.3. The molecule has 13 heavy (non-hydrogen) atoms. The summed E-state index contributed by atoms with van der Waals surface area (Å²) in [7, 11) is 0. The minimum Gasteiger partial charge on any atom is -0.317 e. The van der Waals surface area contributed by atoms with Gasteiger partial charge >= 0.3 is 0 Å². The molecule has 1 saturated carbocycles. The van der Waals surface area contributed by atoms with E-state index in [2.05, 4.69) is 17.2 Å². The molecule has 2 N–H and O–H groups in total. The Kier molecular flexibility index (Phi) is 5.87. The van der Waals surface area contributed by atoms with Crippen LogP contribution in [0.1, 0.15) is 32.1 Å². The quantitative estimate of drug-likeness (QED) is 0.419. The molecule has 0 aromatic rings. The van der Waals surface area contributed by atoms with Gasteiger partial charge in [0.25, 0.3) is 0 Å². The van der Waals surface area contributed by atoms with Gasteiger partial charge in [-0.2, -0.15) is 0 Å². The van der Waals surface area contributed by atoms with Gasteiger partial charge in [0.15, 0.2) is 0 Å². The highest BCUT2D eigenvalue weighted by atomic mass is 14.9. The van der Waals surface area contributed by atoms with E-state index >= 15 is 0 Å². The van der Waals surface area contributed by atoms with E-state index in [0.717, 1.165) is 25.6 Å². The van der Waals surface area contributed by atoms with E-state index in [9.17, 15) is 0 Å². The van der Waals surface area contributed by atoms with E-state index in [1.807, 2.05) is 6.08 Å². The van der Waals surface area contributed by atoms with Crippen molar-refractivity contribution in [2.24, 2.45) is 0 Å². The van der Waals surface area contributed by atoms with Gasteiger partial charge in [0, 0.05) is 6.04 Å². The van der Waals surface area contributed by atoms with Gasteiger partial charge in [-0.05, 0) is 51.7 Å². The molecule has 0 aliphatic heterocycles. The number of allylic oxidation sites excluding steroid dienone is 1. The van der Waals surface area contributed by atoms with E-state index in [1.54, 1.807) is 0 Å². The summed E-state index contributed by atoms with van der Waals surface area (Å²) in [5.74, 6) is 0. The Morgan fingerprint density at radius 2 is 1.92 bits per heavy atom. The van der Waals surface area contributed by atoms with Crippen molar-refractivity contribution in [3.63, 3.8) is 0 Å². The molecule has 0 radical (unpaired) electrons. The Labute approximate surface area is 81.8 Å². The molecule has 0 aromatic heterocycles. The van der Waals surface area contributed by atoms with Gasteiger partial charge in [-0.3, -0.25) is 0 Å². The molecule has 1 aliphatic rings. The van der Waals surface area contributed by atoms with Crippen LogP contribution in [0, 0.1) is 0 Å². The molecule has 0 aromatic carbocycles. The average molecular weight is 182 g/mol. The molecule has 76 valence electrons. The van der Waals surface area contributed by atoms with E-state index < -0.39 is 0 Å². The normalized spacial score (nSPS) is 16.0. The second-order valence-corrected chi connectivity index (χ2v) is 3.76. The topological polar surface area (TPSA) is 24.1 Å². The molecule has 0 amide bonds. The minimum atomic E-state index is 0.862. The second kappa shape index (κ2) is 7.10. The van der Waals surface area contributed by atoms with E-state index in [0.29, 0.717) is 0 Å². The van der Waals surface area contributed by atoms with Crippen molar-refractivity contribution in [2.75, 3.05) is 19.6 Å². The van der Waals surface area contributed by atoms with Crippen LogP contribution < -0.4 is 10.6 Å². The van der Waals surface area contributed by atoms with Crippen LogP contribution in [0.25, 0.3) is 0 Å². The first kappa shape index (κ1) is 10.7. The van der Waals surface area contributed by atoms with Crippen molar-refractivity contribution in [3.8, 4) is 0 Å². The summed E-state index contributed by atoms with van der Waals surface area (Å²) in [6.07, 6.45) is 8.38. The first-order chi connectivity index (χ1) is 6.43. The molecule has 2 nitrogen and oxygen atoms in total. The summed E-state index contributed by atoms with van der Waals surface area (Å²) < 4.78 is 0. The van der Waals surface area contributed by atoms with Gasteiger partial charge in [-0.1, -0.05) is 6.08 Å². The molecule has 1 rings (SSSR count). The lowest BCUT2D eigenvalue weighted by Gasteiger charge is -2.04. The third-order valence-corrected chi connectivity index (χ3v) is 2.30. The summed E-state index contributed by atoms with van der Waals surface area (Å²) in [6, 6.07) is 0.862. The zero-order valence-electron chi connectivity index (χ0n) is 8.52. The third kappa shape index (κ3) is 6.79. The van der Waals surface area contributed by atoms with Crippen LogP contribution in [0.15, 0.2) is 12.7 Å². The Morgan fingerprint density at radius 3 is 2.62 bits per heavy atom. The highest BCUT2D eigenvalue weighted by molar-refractivity contribution is 4.80. The van der Waals surface area contributed by atoms with Crippen LogP contribution in [-0.4, -0.2) is 25.7 Å². The van der Waals surface area contributed by atoms with Crippen molar-refractivity contribution in [1.29, 1.82) is 0 Å². The second-order valence-electron chi connectivity index (χ2n) is 3.76. The Bertz CT molecular complexity index is 130. The number of nitrogens with one attached hydrogen (secondary N) is 2. The first-order valence-electron chi connectivity index (χ1n) is 5.48. The molecule has 0 atom stereocenters. The maximum absolute atomic E-state index is 3.70. The number of rotatable bonds is 9. The van der Waals surface area contributed by atoms with Gasteiger partial charge in [-0.15, -0.1) is 6.58 Å². The molecular formula is C11H22N2. The highest BCUT2D eigenvalue weighted by Gasteiger charge is 2.19. The lowest BCUT2D eigenvalue weighted by Crippen LogP contribution is -2.23. The zero-order valence-corrected chi connectivity index (χ0v) is 8.52. The van der Waals surface area contributed by atoms with E-state index in [-0.39, 0.29) is 0 Å². The smallest absolute Gasteiger partial charge is 0.00682 e. The third-order valence-electron chi connectivity index (χ3n) is 2.30. The minimum absolute atomic E-state index is 0.862. The summed E-state index contributed by atoms with van der Waals surface area (Å²) in [6.45, 7) is 7.16. The van der Waals surface area contributed by atoms with E-state index in [1.165, 1.54) is 32.2 Å². The van der Waals surface area contributed by atoms with Crippen LogP contribution in [0.3, 0.4) is 0 Å². The molecular weight excluding hydrogens is 160 g/mol.